The van der Waals surface area contributed by atoms with E-state index >= 15 is 0 Å². The highest BCUT2D eigenvalue weighted by Gasteiger charge is 2.42. The highest BCUT2D eigenvalue weighted by Crippen LogP contribution is 2.49. The van der Waals surface area contributed by atoms with Gasteiger partial charge in [0.15, 0.2) is 0 Å². The Bertz CT molecular complexity index is 326. The van der Waals surface area contributed by atoms with Gasteiger partial charge < -0.3 is 5.32 Å². The molecule has 0 atom stereocenters. The molecule has 1 aromatic heterocycles. The third-order valence-electron chi connectivity index (χ3n) is 2.97. The number of nitrogens with one attached hydrogen (secondary N) is 1. The van der Waals surface area contributed by atoms with Crippen LogP contribution in [-0.2, 0) is 18.4 Å². The van der Waals surface area contributed by atoms with Gasteiger partial charge in [0.2, 0.25) is 0 Å². The van der Waals surface area contributed by atoms with Crippen LogP contribution in [0.5, 0.6) is 0 Å². The second-order valence-electron chi connectivity index (χ2n) is 4.33. The molecule has 0 saturated heterocycles. The van der Waals surface area contributed by atoms with Gasteiger partial charge in [-0.05, 0) is 26.3 Å². The summed E-state index contributed by atoms with van der Waals surface area (Å²) in [5.41, 5.74) is 1.73. The molecule has 2 nitrogen and oxygen atoms in total. The summed E-state index contributed by atoms with van der Waals surface area (Å²) < 4.78 is 0. The fraction of sp³-hybridized carbons (Fsp3) is 0.727. The van der Waals surface area contributed by atoms with Crippen LogP contribution in [0.2, 0.25) is 0 Å². The van der Waals surface area contributed by atoms with Crippen LogP contribution in [0, 0.1) is 0 Å². The van der Waals surface area contributed by atoms with E-state index in [1.807, 2.05) is 18.4 Å². The van der Waals surface area contributed by atoms with Crippen LogP contribution in [0.1, 0.15) is 42.3 Å². The zero-order valence-corrected chi connectivity index (χ0v) is 10.0. The summed E-state index contributed by atoms with van der Waals surface area (Å²) in [4.78, 5) is 6.19. The number of thiazole rings is 1. The quantitative estimate of drug-likeness (QED) is 0.826. The molecular weight excluding hydrogens is 192 g/mol. The van der Waals surface area contributed by atoms with Gasteiger partial charge in [-0.2, -0.15) is 0 Å². The second kappa shape index (κ2) is 3.63. The zero-order valence-electron chi connectivity index (χ0n) is 9.18. The Kier molecular flexibility index (Phi) is 2.62. The molecule has 0 aliphatic heterocycles. The third kappa shape index (κ3) is 1.71. The summed E-state index contributed by atoms with van der Waals surface area (Å²) in [6.07, 6.45) is 3.70. The summed E-state index contributed by atoms with van der Waals surface area (Å²) in [6, 6.07) is 0. The molecule has 1 aromatic rings. The van der Waals surface area contributed by atoms with Crippen LogP contribution >= 0.6 is 11.3 Å². The molecule has 0 spiro atoms. The molecule has 1 aliphatic rings. The molecule has 1 aliphatic carbocycles. The number of hydrogen-bond acceptors (Lipinski definition) is 3. The smallest absolute Gasteiger partial charge is 0.0990 e. The predicted molar refractivity (Wildman–Crippen MR) is 60.8 cm³/mol. The highest BCUT2D eigenvalue weighted by molar-refractivity contribution is 7.12. The van der Waals surface area contributed by atoms with E-state index in [-0.39, 0.29) is 0 Å². The molecule has 14 heavy (non-hydrogen) atoms. The van der Waals surface area contributed by atoms with Gasteiger partial charge in [-0.1, -0.05) is 13.8 Å². The van der Waals surface area contributed by atoms with E-state index in [0.717, 1.165) is 13.0 Å². The lowest BCUT2D eigenvalue weighted by Gasteiger charge is -2.00. The van der Waals surface area contributed by atoms with E-state index in [1.54, 1.807) is 0 Å². The number of aryl methyl sites for hydroxylation is 1. The summed E-state index contributed by atoms with van der Waals surface area (Å²) in [7, 11) is 2.00. The normalized spacial score (nSPS) is 18.5. The topological polar surface area (TPSA) is 24.9 Å². The first-order valence-corrected chi connectivity index (χ1v) is 6.15. The van der Waals surface area contributed by atoms with E-state index in [1.165, 1.54) is 28.4 Å². The van der Waals surface area contributed by atoms with Crippen molar-refractivity contribution in [2.75, 3.05) is 7.05 Å². The monoisotopic (exact) mass is 210 g/mol. The Hall–Kier alpha value is -0.410. The molecule has 1 fully saturated rings. The van der Waals surface area contributed by atoms with Crippen LogP contribution in [0.4, 0.5) is 0 Å². The standard InChI is InChI=1S/C11H18N2S/c1-4-8-9(7-12-3)14-10(13-8)11(2)5-6-11/h12H,4-7H2,1-3H3. The van der Waals surface area contributed by atoms with Gasteiger partial charge in [0, 0.05) is 16.8 Å². The van der Waals surface area contributed by atoms with Crippen molar-refractivity contribution < 1.29 is 0 Å². The van der Waals surface area contributed by atoms with Crippen molar-refractivity contribution in [1.82, 2.24) is 10.3 Å². The SMILES string of the molecule is CCc1nc(C2(C)CC2)sc1CNC. The molecule has 0 amide bonds. The molecule has 0 unspecified atom stereocenters. The van der Waals surface area contributed by atoms with Gasteiger partial charge in [0.25, 0.3) is 0 Å². The van der Waals surface area contributed by atoms with Crippen LogP contribution in [0.15, 0.2) is 0 Å². The first kappa shape index (κ1) is 10.1. The van der Waals surface area contributed by atoms with E-state index in [2.05, 4.69) is 19.2 Å². The first-order chi connectivity index (χ1) is 6.69. The number of aromatic nitrogens is 1. The minimum Gasteiger partial charge on any atom is -0.315 e. The first-order valence-electron chi connectivity index (χ1n) is 5.33. The average Bonchev–Trinajstić information content (AvgIpc) is 2.79. The highest BCUT2D eigenvalue weighted by atomic mass is 32.1. The molecule has 1 N–H and O–H groups in total. The Balaban J connectivity index is 2.26. The summed E-state index contributed by atoms with van der Waals surface area (Å²) in [5, 5.41) is 4.58. The molecule has 2 rings (SSSR count). The third-order valence-corrected chi connectivity index (χ3v) is 4.37. The number of hydrogen-bond donors (Lipinski definition) is 1. The van der Waals surface area contributed by atoms with Crippen molar-refractivity contribution in [2.24, 2.45) is 0 Å². The molecule has 0 radical (unpaired) electrons. The fourth-order valence-electron chi connectivity index (χ4n) is 1.62. The molecular formula is C11H18N2S. The van der Waals surface area contributed by atoms with Crippen molar-refractivity contribution >= 4 is 11.3 Å². The van der Waals surface area contributed by atoms with Gasteiger partial charge >= 0.3 is 0 Å². The molecule has 1 heterocycles. The lowest BCUT2D eigenvalue weighted by Crippen LogP contribution is -2.05. The van der Waals surface area contributed by atoms with E-state index < -0.39 is 0 Å². The Labute approximate surface area is 89.8 Å². The maximum Gasteiger partial charge on any atom is 0.0990 e. The average molecular weight is 210 g/mol. The van der Waals surface area contributed by atoms with Crippen molar-refractivity contribution in [3.63, 3.8) is 0 Å². The number of rotatable bonds is 4. The maximum atomic E-state index is 4.76. The summed E-state index contributed by atoms with van der Waals surface area (Å²) in [6.45, 7) is 5.48. The van der Waals surface area contributed by atoms with E-state index in [0.29, 0.717) is 5.41 Å². The van der Waals surface area contributed by atoms with Crippen LogP contribution in [0.3, 0.4) is 0 Å². The summed E-state index contributed by atoms with van der Waals surface area (Å²) in [5.74, 6) is 0. The largest absolute Gasteiger partial charge is 0.315 e. The lowest BCUT2D eigenvalue weighted by molar-refractivity contribution is 0.765. The van der Waals surface area contributed by atoms with Crippen LogP contribution in [0.25, 0.3) is 0 Å². The van der Waals surface area contributed by atoms with E-state index in [9.17, 15) is 0 Å². The van der Waals surface area contributed by atoms with Gasteiger partial charge in [-0.3, -0.25) is 0 Å². The maximum absolute atomic E-state index is 4.76. The van der Waals surface area contributed by atoms with Gasteiger partial charge in [-0.25, -0.2) is 4.98 Å². The molecule has 1 saturated carbocycles. The van der Waals surface area contributed by atoms with Gasteiger partial charge in [0.1, 0.15) is 0 Å². The number of nitrogens with zero attached hydrogens (tertiary/aromatic N) is 1. The Morgan fingerprint density at radius 1 is 1.50 bits per heavy atom. The van der Waals surface area contributed by atoms with Crippen molar-refractivity contribution in [3.05, 3.63) is 15.6 Å². The Morgan fingerprint density at radius 3 is 2.71 bits per heavy atom. The molecule has 3 heteroatoms. The molecule has 0 bridgehead atoms. The van der Waals surface area contributed by atoms with Crippen molar-refractivity contribution in [1.29, 1.82) is 0 Å². The Morgan fingerprint density at radius 2 is 2.21 bits per heavy atom. The van der Waals surface area contributed by atoms with Crippen molar-refractivity contribution in [3.8, 4) is 0 Å². The predicted octanol–water partition coefficient (Wildman–Crippen LogP) is 2.48. The van der Waals surface area contributed by atoms with E-state index in [4.69, 9.17) is 4.98 Å². The minimum absolute atomic E-state index is 0.431. The molecule has 0 aromatic carbocycles. The summed E-state index contributed by atoms with van der Waals surface area (Å²) >= 11 is 1.90. The zero-order chi connectivity index (χ0) is 10.2. The molecule has 78 valence electrons. The van der Waals surface area contributed by atoms with Crippen LogP contribution < -0.4 is 5.32 Å². The minimum atomic E-state index is 0.431. The fourth-order valence-corrected chi connectivity index (χ4v) is 2.98. The van der Waals surface area contributed by atoms with Crippen LogP contribution in [-0.4, -0.2) is 12.0 Å². The lowest BCUT2D eigenvalue weighted by atomic mass is 10.2. The van der Waals surface area contributed by atoms with Crippen molar-refractivity contribution in [2.45, 2.75) is 45.1 Å². The second-order valence-corrected chi connectivity index (χ2v) is 5.42. The van der Waals surface area contributed by atoms with Gasteiger partial charge in [-0.15, -0.1) is 11.3 Å². The van der Waals surface area contributed by atoms with Gasteiger partial charge in [0.05, 0.1) is 10.7 Å².